The van der Waals surface area contributed by atoms with Gasteiger partial charge in [0, 0.05) is 6.54 Å². The summed E-state index contributed by atoms with van der Waals surface area (Å²) in [6, 6.07) is 10.6. The lowest BCUT2D eigenvalue weighted by Gasteiger charge is -2.07. The Balaban J connectivity index is 1.69. The molecule has 0 saturated heterocycles. The zero-order valence-electron chi connectivity index (χ0n) is 16.1. The number of nitrogens with two attached hydrogens (primary N) is 1. The molecule has 4 heteroatoms. The molecule has 0 bridgehead atoms. The third-order valence-corrected chi connectivity index (χ3v) is 4.39. The van der Waals surface area contributed by atoms with Crippen molar-refractivity contribution in [3.8, 4) is 0 Å². The largest absolute Gasteiger partial charge is 0.330 e. The minimum Gasteiger partial charge on any atom is -0.330 e. The Kier molecular flexibility index (Phi) is 15.8. The predicted molar refractivity (Wildman–Crippen MR) is 110 cm³/mol. The summed E-state index contributed by atoms with van der Waals surface area (Å²) in [5, 5.41) is 10.5. The van der Waals surface area contributed by atoms with Crippen molar-refractivity contribution in [1.82, 2.24) is 16.0 Å². The number of rotatable bonds is 18. The van der Waals surface area contributed by atoms with Gasteiger partial charge < -0.3 is 21.7 Å². The van der Waals surface area contributed by atoms with Gasteiger partial charge in [-0.25, -0.2) is 0 Å². The van der Waals surface area contributed by atoms with E-state index in [0.29, 0.717) is 0 Å². The Hall–Kier alpha value is -0.940. The van der Waals surface area contributed by atoms with E-state index in [2.05, 4.69) is 46.3 Å². The molecule has 0 amide bonds. The van der Waals surface area contributed by atoms with Crippen LogP contribution in [0.4, 0.5) is 0 Å². The molecule has 1 aromatic carbocycles. The van der Waals surface area contributed by atoms with Crippen LogP contribution in [0.5, 0.6) is 0 Å². The van der Waals surface area contributed by atoms with E-state index < -0.39 is 0 Å². The molecule has 0 aliphatic heterocycles. The summed E-state index contributed by atoms with van der Waals surface area (Å²) in [7, 11) is 0. The van der Waals surface area contributed by atoms with Crippen molar-refractivity contribution in [2.45, 2.75) is 57.9 Å². The first-order valence-corrected chi connectivity index (χ1v) is 10.3. The minimum absolute atomic E-state index is 0.797. The highest BCUT2D eigenvalue weighted by atomic mass is 14.9. The molecule has 1 rings (SSSR count). The van der Waals surface area contributed by atoms with Crippen LogP contribution in [-0.4, -0.2) is 39.3 Å². The van der Waals surface area contributed by atoms with E-state index in [1.807, 2.05) is 0 Å². The molecule has 144 valence electrons. The number of unbranched alkanes of at least 4 members (excludes halogenated alkanes) is 5. The quantitative estimate of drug-likeness (QED) is 0.308. The molecular weight excluding hydrogens is 308 g/mol. The van der Waals surface area contributed by atoms with Gasteiger partial charge in [-0.05, 0) is 70.5 Å². The van der Waals surface area contributed by atoms with E-state index in [4.69, 9.17) is 5.73 Å². The second-order valence-corrected chi connectivity index (χ2v) is 6.78. The van der Waals surface area contributed by atoms with Gasteiger partial charge in [0.1, 0.15) is 0 Å². The van der Waals surface area contributed by atoms with Gasteiger partial charge in [0.25, 0.3) is 0 Å². The maximum Gasteiger partial charge on any atom is 0.0205 e. The number of nitrogens with one attached hydrogen (secondary N) is 3. The highest BCUT2D eigenvalue weighted by molar-refractivity contribution is 5.14. The van der Waals surface area contributed by atoms with Crippen LogP contribution in [0.3, 0.4) is 0 Å². The SMILES string of the molecule is NCCCNCCCCCCCCNCCCNCc1ccccc1. The Morgan fingerprint density at radius 1 is 0.560 bits per heavy atom. The molecule has 1 aromatic rings. The molecule has 0 heterocycles. The maximum absolute atomic E-state index is 5.46. The molecule has 25 heavy (non-hydrogen) atoms. The first kappa shape index (κ1) is 22.1. The second kappa shape index (κ2) is 17.9. The molecule has 4 nitrogen and oxygen atoms in total. The van der Waals surface area contributed by atoms with Crippen LogP contribution in [0.15, 0.2) is 30.3 Å². The number of hydrogen-bond donors (Lipinski definition) is 4. The molecule has 0 fully saturated rings. The Labute approximate surface area is 155 Å². The van der Waals surface area contributed by atoms with Crippen LogP contribution in [0.1, 0.15) is 56.9 Å². The molecule has 0 aromatic heterocycles. The standard InChI is InChI=1S/C21H40N4/c22-14-10-17-23-15-8-3-1-2-4-9-16-24-18-11-19-25-20-21-12-6-5-7-13-21/h5-7,12-13,23-25H,1-4,8-11,14-20,22H2. The number of hydrogen-bond acceptors (Lipinski definition) is 4. The average molecular weight is 349 g/mol. The van der Waals surface area contributed by atoms with Gasteiger partial charge in [0.05, 0.1) is 0 Å². The van der Waals surface area contributed by atoms with Crippen LogP contribution in [0, 0.1) is 0 Å². The Morgan fingerprint density at radius 3 is 1.72 bits per heavy atom. The molecule has 0 atom stereocenters. The highest BCUT2D eigenvalue weighted by Crippen LogP contribution is 2.04. The van der Waals surface area contributed by atoms with E-state index in [0.717, 1.165) is 45.7 Å². The fraction of sp³-hybridized carbons (Fsp3) is 0.714. The fourth-order valence-electron chi connectivity index (χ4n) is 2.85. The molecule has 0 unspecified atom stereocenters. The van der Waals surface area contributed by atoms with Crippen molar-refractivity contribution in [1.29, 1.82) is 0 Å². The van der Waals surface area contributed by atoms with Crippen LogP contribution in [0.25, 0.3) is 0 Å². The summed E-state index contributed by atoms with van der Waals surface area (Å²) in [6.07, 6.45) is 10.4. The van der Waals surface area contributed by atoms with Crippen LogP contribution in [-0.2, 0) is 6.54 Å². The van der Waals surface area contributed by atoms with Crippen LogP contribution >= 0.6 is 0 Å². The number of benzene rings is 1. The first-order valence-electron chi connectivity index (χ1n) is 10.3. The summed E-state index contributed by atoms with van der Waals surface area (Å²) < 4.78 is 0. The van der Waals surface area contributed by atoms with Crippen LogP contribution in [0.2, 0.25) is 0 Å². The predicted octanol–water partition coefficient (Wildman–Crippen LogP) is 3.03. The molecule has 0 spiro atoms. The minimum atomic E-state index is 0.797. The molecule has 0 saturated carbocycles. The fourth-order valence-corrected chi connectivity index (χ4v) is 2.85. The molecule has 0 radical (unpaired) electrons. The monoisotopic (exact) mass is 348 g/mol. The third kappa shape index (κ3) is 15.1. The lowest BCUT2D eigenvalue weighted by molar-refractivity contribution is 0.539. The summed E-state index contributed by atoms with van der Waals surface area (Å²) in [5.41, 5.74) is 6.83. The van der Waals surface area contributed by atoms with Gasteiger partial charge in [-0.1, -0.05) is 56.0 Å². The molecular formula is C21H40N4. The third-order valence-electron chi connectivity index (χ3n) is 4.39. The lowest BCUT2D eigenvalue weighted by Crippen LogP contribution is -2.22. The van der Waals surface area contributed by atoms with Gasteiger partial charge in [-0.15, -0.1) is 0 Å². The van der Waals surface area contributed by atoms with E-state index in [1.165, 1.54) is 57.1 Å². The average Bonchev–Trinajstić information content (AvgIpc) is 2.65. The van der Waals surface area contributed by atoms with E-state index >= 15 is 0 Å². The van der Waals surface area contributed by atoms with Gasteiger partial charge in [-0.2, -0.15) is 0 Å². The maximum atomic E-state index is 5.46. The summed E-state index contributed by atoms with van der Waals surface area (Å²) in [4.78, 5) is 0. The smallest absolute Gasteiger partial charge is 0.0205 e. The zero-order chi connectivity index (χ0) is 17.8. The molecule has 0 aliphatic rings. The topological polar surface area (TPSA) is 62.1 Å². The van der Waals surface area contributed by atoms with Crippen molar-refractivity contribution in [2.75, 3.05) is 39.3 Å². The molecule has 5 N–H and O–H groups in total. The normalized spacial score (nSPS) is 11.1. The molecule has 0 aliphatic carbocycles. The van der Waals surface area contributed by atoms with Crippen LogP contribution < -0.4 is 21.7 Å². The Morgan fingerprint density at radius 2 is 1.08 bits per heavy atom. The van der Waals surface area contributed by atoms with E-state index in [-0.39, 0.29) is 0 Å². The lowest BCUT2D eigenvalue weighted by atomic mass is 10.1. The summed E-state index contributed by atoms with van der Waals surface area (Å²) >= 11 is 0. The van der Waals surface area contributed by atoms with Crippen molar-refractivity contribution in [2.24, 2.45) is 5.73 Å². The Bertz CT molecular complexity index is 369. The van der Waals surface area contributed by atoms with Gasteiger partial charge >= 0.3 is 0 Å². The van der Waals surface area contributed by atoms with Crippen molar-refractivity contribution in [3.63, 3.8) is 0 Å². The van der Waals surface area contributed by atoms with Gasteiger partial charge in [0.15, 0.2) is 0 Å². The van der Waals surface area contributed by atoms with Crippen molar-refractivity contribution in [3.05, 3.63) is 35.9 Å². The van der Waals surface area contributed by atoms with E-state index in [9.17, 15) is 0 Å². The summed E-state index contributed by atoms with van der Waals surface area (Å²) in [6.45, 7) is 7.37. The first-order chi connectivity index (χ1) is 12.4. The highest BCUT2D eigenvalue weighted by Gasteiger charge is 1.94. The van der Waals surface area contributed by atoms with Crippen molar-refractivity contribution >= 4 is 0 Å². The van der Waals surface area contributed by atoms with Crippen molar-refractivity contribution < 1.29 is 0 Å². The van der Waals surface area contributed by atoms with E-state index in [1.54, 1.807) is 0 Å². The van der Waals surface area contributed by atoms with Gasteiger partial charge in [-0.3, -0.25) is 0 Å². The van der Waals surface area contributed by atoms with Gasteiger partial charge in [0.2, 0.25) is 0 Å². The zero-order valence-corrected chi connectivity index (χ0v) is 16.1. The summed E-state index contributed by atoms with van der Waals surface area (Å²) in [5.74, 6) is 0. The second-order valence-electron chi connectivity index (χ2n) is 6.78.